The van der Waals surface area contributed by atoms with E-state index in [9.17, 15) is 0 Å². The van der Waals surface area contributed by atoms with Gasteiger partial charge in [-0.15, -0.1) is 0 Å². The Hall–Kier alpha value is -2.13. The standard InChI is InChI=1S/C14H8ClN3/c15-9-5-3-4-8-12(9)18-14-13(8)16-10-6-1-2-7-11(10)17-14/h1-7H,(H,17,18). The molecule has 0 unspecified atom stereocenters. The number of para-hydroxylation sites is 3. The molecule has 0 saturated heterocycles. The molecular formula is C14H8ClN3. The first kappa shape index (κ1) is 9.85. The molecule has 2 heterocycles. The molecule has 0 fully saturated rings. The number of aromatic nitrogens is 3. The highest BCUT2D eigenvalue weighted by molar-refractivity contribution is 6.36. The van der Waals surface area contributed by atoms with Crippen LogP contribution in [-0.2, 0) is 0 Å². The van der Waals surface area contributed by atoms with Crippen molar-refractivity contribution in [3.05, 3.63) is 47.5 Å². The zero-order chi connectivity index (χ0) is 12.1. The summed E-state index contributed by atoms with van der Waals surface area (Å²) in [5, 5.41) is 1.70. The second-order valence-corrected chi connectivity index (χ2v) is 4.60. The SMILES string of the molecule is Clc1cccc2c1[nH]c1nc3ccccc3nc12. The fourth-order valence-corrected chi connectivity index (χ4v) is 2.46. The normalized spacial score (nSPS) is 11.6. The van der Waals surface area contributed by atoms with Gasteiger partial charge in [0.2, 0.25) is 0 Å². The third-order valence-corrected chi connectivity index (χ3v) is 3.40. The molecule has 0 bridgehead atoms. The van der Waals surface area contributed by atoms with Crippen molar-refractivity contribution >= 4 is 44.7 Å². The number of benzene rings is 2. The number of H-pyrrole nitrogens is 1. The smallest absolute Gasteiger partial charge is 0.157 e. The lowest BCUT2D eigenvalue weighted by atomic mass is 10.2. The summed E-state index contributed by atoms with van der Waals surface area (Å²) >= 11 is 6.17. The van der Waals surface area contributed by atoms with E-state index in [1.54, 1.807) is 0 Å². The number of halogens is 1. The number of aromatic amines is 1. The Morgan fingerprint density at radius 3 is 2.50 bits per heavy atom. The van der Waals surface area contributed by atoms with E-state index in [0.717, 1.165) is 33.1 Å². The maximum Gasteiger partial charge on any atom is 0.157 e. The van der Waals surface area contributed by atoms with Crippen molar-refractivity contribution in [2.75, 3.05) is 0 Å². The van der Waals surface area contributed by atoms with Crippen LogP contribution in [0.4, 0.5) is 0 Å². The molecule has 0 atom stereocenters. The van der Waals surface area contributed by atoms with Gasteiger partial charge in [-0.05, 0) is 18.2 Å². The van der Waals surface area contributed by atoms with Crippen LogP contribution in [0, 0.1) is 0 Å². The maximum absolute atomic E-state index is 6.17. The zero-order valence-electron chi connectivity index (χ0n) is 9.31. The van der Waals surface area contributed by atoms with Crippen molar-refractivity contribution < 1.29 is 0 Å². The van der Waals surface area contributed by atoms with Gasteiger partial charge in [-0.25, -0.2) is 9.97 Å². The highest BCUT2D eigenvalue weighted by Crippen LogP contribution is 2.29. The van der Waals surface area contributed by atoms with E-state index in [1.165, 1.54) is 0 Å². The van der Waals surface area contributed by atoms with Crippen LogP contribution in [-0.4, -0.2) is 15.0 Å². The Morgan fingerprint density at radius 1 is 0.889 bits per heavy atom. The summed E-state index contributed by atoms with van der Waals surface area (Å²) in [6.45, 7) is 0. The van der Waals surface area contributed by atoms with Crippen LogP contribution < -0.4 is 0 Å². The summed E-state index contributed by atoms with van der Waals surface area (Å²) in [6, 6.07) is 13.6. The molecule has 18 heavy (non-hydrogen) atoms. The van der Waals surface area contributed by atoms with Crippen LogP contribution in [0.25, 0.3) is 33.1 Å². The van der Waals surface area contributed by atoms with Gasteiger partial charge in [0, 0.05) is 5.39 Å². The highest BCUT2D eigenvalue weighted by Gasteiger charge is 2.10. The average Bonchev–Trinajstić information content (AvgIpc) is 2.76. The molecule has 0 spiro atoms. The fourth-order valence-electron chi connectivity index (χ4n) is 2.24. The van der Waals surface area contributed by atoms with Crippen LogP contribution in [0.1, 0.15) is 0 Å². The van der Waals surface area contributed by atoms with E-state index < -0.39 is 0 Å². The van der Waals surface area contributed by atoms with Gasteiger partial charge in [-0.3, -0.25) is 0 Å². The first-order chi connectivity index (χ1) is 8.83. The molecule has 2 aromatic heterocycles. The van der Waals surface area contributed by atoms with E-state index in [-0.39, 0.29) is 0 Å². The minimum atomic E-state index is 0.691. The molecule has 0 aliphatic carbocycles. The van der Waals surface area contributed by atoms with E-state index >= 15 is 0 Å². The average molecular weight is 254 g/mol. The summed E-state index contributed by atoms with van der Waals surface area (Å²) in [5.41, 5.74) is 4.31. The van der Waals surface area contributed by atoms with E-state index in [2.05, 4.69) is 15.0 Å². The molecule has 4 rings (SSSR count). The number of fused-ring (bicyclic) bond motifs is 4. The highest BCUT2D eigenvalue weighted by atomic mass is 35.5. The second-order valence-electron chi connectivity index (χ2n) is 4.20. The number of nitrogens with zero attached hydrogens (tertiary/aromatic N) is 2. The van der Waals surface area contributed by atoms with Gasteiger partial charge in [-0.1, -0.05) is 35.9 Å². The Bertz CT molecular complexity index is 895. The largest absolute Gasteiger partial charge is 0.337 e. The van der Waals surface area contributed by atoms with Crippen molar-refractivity contribution in [1.82, 2.24) is 15.0 Å². The van der Waals surface area contributed by atoms with Crippen molar-refractivity contribution in [2.45, 2.75) is 0 Å². The van der Waals surface area contributed by atoms with Crippen molar-refractivity contribution in [3.8, 4) is 0 Å². The minimum absolute atomic E-state index is 0.691. The van der Waals surface area contributed by atoms with Crippen LogP contribution in [0.2, 0.25) is 5.02 Å². The minimum Gasteiger partial charge on any atom is -0.337 e. The number of hydrogen-bond donors (Lipinski definition) is 1. The zero-order valence-corrected chi connectivity index (χ0v) is 10.1. The number of hydrogen-bond acceptors (Lipinski definition) is 2. The van der Waals surface area contributed by atoms with Gasteiger partial charge in [-0.2, -0.15) is 0 Å². The van der Waals surface area contributed by atoms with Crippen molar-refractivity contribution in [1.29, 1.82) is 0 Å². The van der Waals surface area contributed by atoms with Crippen molar-refractivity contribution in [2.24, 2.45) is 0 Å². The molecule has 1 N–H and O–H groups in total. The van der Waals surface area contributed by atoms with Gasteiger partial charge < -0.3 is 4.98 Å². The molecular weight excluding hydrogens is 246 g/mol. The van der Waals surface area contributed by atoms with Gasteiger partial charge >= 0.3 is 0 Å². The lowest BCUT2D eigenvalue weighted by molar-refractivity contribution is 1.36. The summed E-state index contributed by atoms with van der Waals surface area (Å²) in [6.07, 6.45) is 0. The summed E-state index contributed by atoms with van der Waals surface area (Å²) in [5.74, 6) is 0. The molecule has 0 amide bonds. The monoisotopic (exact) mass is 253 g/mol. The number of nitrogens with one attached hydrogen (secondary N) is 1. The van der Waals surface area contributed by atoms with Crippen molar-refractivity contribution in [3.63, 3.8) is 0 Å². The van der Waals surface area contributed by atoms with E-state index in [0.29, 0.717) is 5.02 Å². The predicted octanol–water partition coefficient (Wildman–Crippen LogP) is 3.92. The van der Waals surface area contributed by atoms with Gasteiger partial charge in [0.25, 0.3) is 0 Å². The molecule has 0 saturated carbocycles. The third kappa shape index (κ3) is 1.25. The molecule has 0 radical (unpaired) electrons. The quantitative estimate of drug-likeness (QED) is 0.516. The Labute approximate surface area is 107 Å². The molecule has 0 aliphatic rings. The first-order valence-corrected chi connectivity index (χ1v) is 6.03. The molecule has 2 aromatic carbocycles. The lowest BCUT2D eigenvalue weighted by Gasteiger charge is -1.96. The Balaban J connectivity index is 2.27. The Morgan fingerprint density at radius 2 is 1.67 bits per heavy atom. The molecule has 3 nitrogen and oxygen atoms in total. The topological polar surface area (TPSA) is 41.6 Å². The van der Waals surface area contributed by atoms with Gasteiger partial charge in [0.05, 0.1) is 21.6 Å². The molecule has 0 aliphatic heterocycles. The maximum atomic E-state index is 6.17. The second kappa shape index (κ2) is 3.43. The van der Waals surface area contributed by atoms with E-state index in [1.807, 2.05) is 42.5 Å². The van der Waals surface area contributed by atoms with Gasteiger partial charge in [0.1, 0.15) is 5.52 Å². The Kier molecular flexibility index (Phi) is 1.88. The lowest BCUT2D eigenvalue weighted by Crippen LogP contribution is -1.84. The fraction of sp³-hybridized carbons (Fsp3) is 0. The molecule has 86 valence electrons. The van der Waals surface area contributed by atoms with Crippen LogP contribution in [0.15, 0.2) is 42.5 Å². The summed E-state index contributed by atoms with van der Waals surface area (Å²) < 4.78 is 0. The third-order valence-electron chi connectivity index (χ3n) is 3.08. The summed E-state index contributed by atoms with van der Waals surface area (Å²) in [4.78, 5) is 12.5. The number of rotatable bonds is 0. The van der Waals surface area contributed by atoms with Gasteiger partial charge in [0.15, 0.2) is 5.65 Å². The van der Waals surface area contributed by atoms with E-state index in [4.69, 9.17) is 11.6 Å². The summed E-state index contributed by atoms with van der Waals surface area (Å²) in [7, 11) is 0. The molecule has 4 aromatic rings. The predicted molar refractivity (Wildman–Crippen MR) is 73.9 cm³/mol. The first-order valence-electron chi connectivity index (χ1n) is 5.65. The molecule has 4 heteroatoms. The van der Waals surface area contributed by atoms with Crippen LogP contribution in [0.5, 0.6) is 0 Å². The van der Waals surface area contributed by atoms with Crippen LogP contribution >= 0.6 is 11.6 Å². The van der Waals surface area contributed by atoms with Crippen LogP contribution in [0.3, 0.4) is 0 Å².